The first-order chi connectivity index (χ1) is 13.3. The minimum absolute atomic E-state index is 0.202. The zero-order valence-electron chi connectivity index (χ0n) is 16.7. The Bertz CT molecular complexity index is 789. The van der Waals surface area contributed by atoms with Crippen LogP contribution in [-0.2, 0) is 14.8 Å². The highest BCUT2D eigenvalue weighted by Crippen LogP contribution is 2.24. The smallest absolute Gasteiger partial charge is 0.243 e. The van der Waals surface area contributed by atoms with Crippen molar-refractivity contribution in [1.29, 1.82) is 0 Å². The molecule has 1 aromatic rings. The summed E-state index contributed by atoms with van der Waals surface area (Å²) in [6, 6.07) is 6.47. The van der Waals surface area contributed by atoms with Crippen molar-refractivity contribution < 1.29 is 13.2 Å². The van der Waals surface area contributed by atoms with Crippen molar-refractivity contribution in [3.63, 3.8) is 0 Å². The zero-order chi connectivity index (χ0) is 20.7. The average Bonchev–Trinajstić information content (AvgIpc) is 2.69. The summed E-state index contributed by atoms with van der Waals surface area (Å²) in [4.78, 5) is 14.8. The number of rotatable bonds is 7. The standard InChI is InChI=1S/C19H29N3O3S3/c1-4-21(5-2)19(26)27-15(3)18(23)20-16-10-9-11-17(14-16)28(24,25)22-12-7-6-8-13-22/h9-11,14-15H,4-8,12-13H2,1-3H3,(H,20,23). The first-order valence-corrected chi connectivity index (χ1v) is 12.4. The molecule has 1 N–H and O–H groups in total. The predicted molar refractivity (Wildman–Crippen MR) is 120 cm³/mol. The van der Waals surface area contributed by atoms with Crippen molar-refractivity contribution in [2.24, 2.45) is 0 Å². The Morgan fingerprint density at radius 3 is 2.50 bits per heavy atom. The third kappa shape index (κ3) is 5.92. The molecule has 0 aliphatic carbocycles. The van der Waals surface area contributed by atoms with Crippen LogP contribution in [0.3, 0.4) is 0 Å². The monoisotopic (exact) mass is 443 g/mol. The maximum atomic E-state index is 12.8. The molecule has 2 rings (SSSR count). The van der Waals surface area contributed by atoms with E-state index in [1.54, 1.807) is 25.1 Å². The number of anilines is 1. The van der Waals surface area contributed by atoms with Crippen LogP contribution in [0.2, 0.25) is 0 Å². The molecular formula is C19H29N3O3S3. The second kappa shape index (κ2) is 10.6. The summed E-state index contributed by atoms with van der Waals surface area (Å²) < 4.78 is 27.9. The fraction of sp³-hybridized carbons (Fsp3) is 0.579. The van der Waals surface area contributed by atoms with Gasteiger partial charge in [-0.15, -0.1) is 0 Å². The van der Waals surface area contributed by atoms with Crippen molar-refractivity contribution >= 4 is 49.9 Å². The van der Waals surface area contributed by atoms with Gasteiger partial charge in [-0.2, -0.15) is 4.31 Å². The molecule has 6 nitrogen and oxygen atoms in total. The number of sulfonamides is 1. The van der Waals surface area contributed by atoms with Gasteiger partial charge in [-0.1, -0.05) is 36.5 Å². The molecule has 0 radical (unpaired) electrons. The minimum Gasteiger partial charge on any atom is -0.358 e. The number of carbonyl (C=O) groups is 1. The van der Waals surface area contributed by atoms with Crippen LogP contribution in [-0.4, -0.2) is 59.3 Å². The molecule has 156 valence electrons. The Hall–Kier alpha value is -1.16. The van der Waals surface area contributed by atoms with E-state index in [0.717, 1.165) is 32.4 Å². The summed E-state index contributed by atoms with van der Waals surface area (Å²) >= 11 is 6.74. The van der Waals surface area contributed by atoms with E-state index in [2.05, 4.69) is 5.32 Å². The van der Waals surface area contributed by atoms with E-state index in [-0.39, 0.29) is 16.1 Å². The van der Waals surface area contributed by atoms with E-state index in [0.29, 0.717) is 23.1 Å². The number of benzene rings is 1. The number of thioether (sulfide) groups is 1. The van der Waals surface area contributed by atoms with Gasteiger partial charge in [-0.25, -0.2) is 8.42 Å². The quantitative estimate of drug-likeness (QED) is 0.650. The molecule has 0 aromatic heterocycles. The largest absolute Gasteiger partial charge is 0.358 e. The van der Waals surface area contributed by atoms with Gasteiger partial charge in [0.2, 0.25) is 15.9 Å². The van der Waals surface area contributed by atoms with Gasteiger partial charge in [0.15, 0.2) is 0 Å². The Labute approximate surface area is 178 Å². The third-order valence-corrected chi connectivity index (χ3v) is 8.19. The molecule has 1 aliphatic rings. The number of hydrogen-bond donors (Lipinski definition) is 1. The number of piperidine rings is 1. The maximum Gasteiger partial charge on any atom is 0.243 e. The number of nitrogens with zero attached hydrogens (tertiary/aromatic N) is 2. The fourth-order valence-electron chi connectivity index (χ4n) is 2.99. The van der Waals surface area contributed by atoms with E-state index in [1.165, 1.54) is 22.1 Å². The zero-order valence-corrected chi connectivity index (χ0v) is 19.1. The second-order valence-electron chi connectivity index (χ2n) is 6.68. The van der Waals surface area contributed by atoms with Gasteiger partial charge in [0, 0.05) is 31.9 Å². The van der Waals surface area contributed by atoms with E-state index in [1.807, 2.05) is 18.7 Å². The SMILES string of the molecule is CCN(CC)C(=S)SC(C)C(=O)Nc1cccc(S(=O)(=O)N2CCCCC2)c1. The average molecular weight is 444 g/mol. The van der Waals surface area contributed by atoms with Crippen molar-refractivity contribution in [3.05, 3.63) is 24.3 Å². The lowest BCUT2D eigenvalue weighted by Gasteiger charge is -2.26. The van der Waals surface area contributed by atoms with Gasteiger partial charge in [0.05, 0.1) is 10.1 Å². The van der Waals surface area contributed by atoms with Crippen LogP contribution in [0.1, 0.15) is 40.0 Å². The number of carbonyl (C=O) groups excluding carboxylic acids is 1. The number of nitrogens with one attached hydrogen (secondary N) is 1. The molecule has 1 aromatic carbocycles. The van der Waals surface area contributed by atoms with Crippen molar-refractivity contribution in [2.45, 2.75) is 50.2 Å². The van der Waals surface area contributed by atoms with Crippen LogP contribution in [0.15, 0.2) is 29.2 Å². The van der Waals surface area contributed by atoms with Crippen LogP contribution in [0.5, 0.6) is 0 Å². The molecule has 1 fully saturated rings. The molecule has 0 spiro atoms. The lowest BCUT2D eigenvalue weighted by Crippen LogP contribution is -2.35. The van der Waals surface area contributed by atoms with Gasteiger partial charge >= 0.3 is 0 Å². The minimum atomic E-state index is -3.53. The highest BCUT2D eigenvalue weighted by Gasteiger charge is 2.26. The number of thiocarbonyl (C=S) groups is 1. The Kier molecular flexibility index (Phi) is 8.73. The molecule has 1 amide bonds. The molecule has 9 heteroatoms. The first-order valence-electron chi connectivity index (χ1n) is 9.66. The van der Waals surface area contributed by atoms with E-state index >= 15 is 0 Å². The van der Waals surface area contributed by atoms with Crippen LogP contribution < -0.4 is 5.32 Å². The summed E-state index contributed by atoms with van der Waals surface area (Å²) in [5.41, 5.74) is 0.476. The Balaban J connectivity index is 2.05. The van der Waals surface area contributed by atoms with Crippen molar-refractivity contribution in [3.8, 4) is 0 Å². The van der Waals surface area contributed by atoms with Gasteiger partial charge in [-0.05, 0) is 51.8 Å². The summed E-state index contributed by atoms with van der Waals surface area (Å²) in [6.07, 6.45) is 2.83. The van der Waals surface area contributed by atoms with Gasteiger partial charge < -0.3 is 10.2 Å². The lowest BCUT2D eigenvalue weighted by atomic mass is 10.2. The molecule has 1 heterocycles. The predicted octanol–water partition coefficient (Wildman–Crippen LogP) is 3.55. The van der Waals surface area contributed by atoms with Gasteiger partial charge in [-0.3, -0.25) is 4.79 Å². The van der Waals surface area contributed by atoms with Crippen LogP contribution in [0.25, 0.3) is 0 Å². The summed E-state index contributed by atoms with van der Waals surface area (Å²) in [6.45, 7) is 8.54. The normalized spacial score (nSPS) is 16.4. The molecule has 1 aliphatic heterocycles. The second-order valence-corrected chi connectivity index (χ2v) is 10.6. The van der Waals surface area contributed by atoms with Gasteiger partial charge in [0.1, 0.15) is 4.32 Å². The number of amides is 1. The molecule has 1 atom stereocenters. The molecule has 1 saturated heterocycles. The van der Waals surface area contributed by atoms with E-state index in [4.69, 9.17) is 12.2 Å². The Morgan fingerprint density at radius 1 is 1.25 bits per heavy atom. The van der Waals surface area contributed by atoms with E-state index in [9.17, 15) is 13.2 Å². The van der Waals surface area contributed by atoms with Gasteiger partial charge in [0.25, 0.3) is 0 Å². The highest BCUT2D eigenvalue weighted by atomic mass is 32.2. The molecule has 0 bridgehead atoms. The van der Waals surface area contributed by atoms with Crippen LogP contribution >= 0.6 is 24.0 Å². The van der Waals surface area contributed by atoms with Crippen LogP contribution in [0.4, 0.5) is 5.69 Å². The van der Waals surface area contributed by atoms with Crippen LogP contribution in [0, 0.1) is 0 Å². The highest BCUT2D eigenvalue weighted by molar-refractivity contribution is 8.23. The molecule has 0 saturated carbocycles. The lowest BCUT2D eigenvalue weighted by molar-refractivity contribution is -0.115. The maximum absolute atomic E-state index is 12.8. The van der Waals surface area contributed by atoms with Crippen molar-refractivity contribution in [2.75, 3.05) is 31.5 Å². The van der Waals surface area contributed by atoms with E-state index < -0.39 is 10.0 Å². The summed E-state index contributed by atoms with van der Waals surface area (Å²) in [7, 11) is -3.53. The number of hydrogen-bond acceptors (Lipinski definition) is 5. The Morgan fingerprint density at radius 2 is 1.89 bits per heavy atom. The van der Waals surface area contributed by atoms with Crippen molar-refractivity contribution in [1.82, 2.24) is 9.21 Å². The summed E-state index contributed by atoms with van der Waals surface area (Å²) in [5, 5.41) is 2.44. The fourth-order valence-corrected chi connectivity index (χ4v) is 6.12. The molecule has 1 unspecified atom stereocenters. The first kappa shape index (κ1) is 23.1. The summed E-state index contributed by atoms with van der Waals surface area (Å²) in [5.74, 6) is -0.202. The molecular weight excluding hydrogens is 414 g/mol. The third-order valence-electron chi connectivity index (χ3n) is 4.72. The topological polar surface area (TPSA) is 69.7 Å². The molecule has 28 heavy (non-hydrogen) atoms.